The molecule has 2 rings (SSSR count). The zero-order valence-corrected chi connectivity index (χ0v) is 12.4. The van der Waals surface area contributed by atoms with Crippen LogP contribution in [-0.2, 0) is 6.54 Å². The minimum absolute atomic E-state index is 0.883. The number of rotatable bonds is 5. The summed E-state index contributed by atoms with van der Waals surface area (Å²) < 4.78 is 3.05. The molecule has 1 aromatic heterocycles. The van der Waals surface area contributed by atoms with Gasteiger partial charge in [-0.3, -0.25) is 0 Å². The molecule has 0 amide bonds. The van der Waals surface area contributed by atoms with E-state index in [0.29, 0.717) is 0 Å². The maximum atomic E-state index is 4.46. The van der Waals surface area contributed by atoms with E-state index in [1.54, 1.807) is 0 Å². The standard InChI is InChI=1S/C14H18BrN3/c1-3-7-16-9-12-10-17-18(11(12)2)14-6-4-5-13(15)8-14/h4-6,8,10,16H,3,7,9H2,1-2H3. The van der Waals surface area contributed by atoms with E-state index in [2.05, 4.69) is 52.3 Å². The lowest BCUT2D eigenvalue weighted by atomic mass is 10.2. The molecule has 0 aliphatic heterocycles. The Morgan fingerprint density at radius 1 is 1.39 bits per heavy atom. The molecule has 0 radical (unpaired) electrons. The highest BCUT2D eigenvalue weighted by Gasteiger charge is 2.07. The Bertz CT molecular complexity index is 520. The highest BCUT2D eigenvalue weighted by molar-refractivity contribution is 9.10. The minimum atomic E-state index is 0.883. The third-order valence-electron chi connectivity index (χ3n) is 2.91. The van der Waals surface area contributed by atoms with E-state index in [9.17, 15) is 0 Å². The molecule has 0 spiro atoms. The van der Waals surface area contributed by atoms with Crippen molar-refractivity contribution in [3.8, 4) is 5.69 Å². The summed E-state index contributed by atoms with van der Waals surface area (Å²) in [6.07, 6.45) is 3.09. The predicted molar refractivity (Wildman–Crippen MR) is 78.0 cm³/mol. The van der Waals surface area contributed by atoms with E-state index < -0.39 is 0 Å². The average molecular weight is 308 g/mol. The van der Waals surface area contributed by atoms with Crippen molar-refractivity contribution in [3.63, 3.8) is 0 Å². The summed E-state index contributed by atoms with van der Waals surface area (Å²) in [7, 11) is 0. The maximum Gasteiger partial charge on any atom is 0.0660 e. The van der Waals surface area contributed by atoms with Crippen LogP contribution in [0.15, 0.2) is 34.9 Å². The Kier molecular flexibility index (Phi) is 4.55. The molecule has 0 aliphatic carbocycles. The van der Waals surface area contributed by atoms with Crippen LogP contribution in [0.5, 0.6) is 0 Å². The van der Waals surface area contributed by atoms with Gasteiger partial charge in [0.05, 0.1) is 11.9 Å². The van der Waals surface area contributed by atoms with Gasteiger partial charge in [-0.15, -0.1) is 0 Å². The zero-order valence-electron chi connectivity index (χ0n) is 10.8. The summed E-state index contributed by atoms with van der Waals surface area (Å²) in [5.41, 5.74) is 3.53. The monoisotopic (exact) mass is 307 g/mol. The number of benzene rings is 1. The average Bonchev–Trinajstić information content (AvgIpc) is 2.72. The molecule has 0 aliphatic rings. The molecule has 1 heterocycles. The van der Waals surface area contributed by atoms with E-state index >= 15 is 0 Å². The third-order valence-corrected chi connectivity index (χ3v) is 3.40. The first kappa shape index (κ1) is 13.3. The fourth-order valence-corrected chi connectivity index (χ4v) is 2.27. The molecule has 0 fully saturated rings. The number of halogens is 1. The Morgan fingerprint density at radius 3 is 2.94 bits per heavy atom. The van der Waals surface area contributed by atoms with Crippen molar-refractivity contribution < 1.29 is 0 Å². The van der Waals surface area contributed by atoms with Crippen molar-refractivity contribution in [2.24, 2.45) is 0 Å². The van der Waals surface area contributed by atoms with Gasteiger partial charge in [0, 0.05) is 22.3 Å². The molecule has 96 valence electrons. The highest BCUT2D eigenvalue weighted by atomic mass is 79.9. The molecular formula is C14H18BrN3. The molecule has 0 atom stereocenters. The van der Waals surface area contributed by atoms with Crippen molar-refractivity contribution in [1.82, 2.24) is 15.1 Å². The quantitative estimate of drug-likeness (QED) is 0.858. The second-order valence-corrected chi connectivity index (χ2v) is 5.24. The number of hydrogen-bond acceptors (Lipinski definition) is 2. The molecule has 0 saturated carbocycles. The fourth-order valence-electron chi connectivity index (χ4n) is 1.89. The lowest BCUT2D eigenvalue weighted by Crippen LogP contribution is -2.14. The second-order valence-electron chi connectivity index (χ2n) is 4.32. The minimum Gasteiger partial charge on any atom is -0.313 e. The van der Waals surface area contributed by atoms with Crippen LogP contribution in [-0.4, -0.2) is 16.3 Å². The molecule has 18 heavy (non-hydrogen) atoms. The van der Waals surface area contributed by atoms with Crippen LogP contribution in [0.3, 0.4) is 0 Å². The van der Waals surface area contributed by atoms with Gasteiger partial charge in [-0.1, -0.05) is 28.9 Å². The van der Waals surface area contributed by atoms with Crippen LogP contribution in [0.2, 0.25) is 0 Å². The summed E-state index contributed by atoms with van der Waals surface area (Å²) in [4.78, 5) is 0. The SMILES string of the molecule is CCCNCc1cnn(-c2cccc(Br)c2)c1C. The molecule has 1 aromatic carbocycles. The largest absolute Gasteiger partial charge is 0.313 e. The van der Waals surface area contributed by atoms with Gasteiger partial charge in [0.2, 0.25) is 0 Å². The molecule has 0 unspecified atom stereocenters. The Balaban J connectivity index is 2.20. The van der Waals surface area contributed by atoms with Crippen molar-refractivity contribution in [1.29, 1.82) is 0 Å². The smallest absolute Gasteiger partial charge is 0.0660 e. The molecular weight excluding hydrogens is 290 g/mol. The maximum absolute atomic E-state index is 4.46. The normalized spacial score (nSPS) is 10.8. The lowest BCUT2D eigenvalue weighted by molar-refractivity contribution is 0.672. The summed E-state index contributed by atoms with van der Waals surface area (Å²) in [5.74, 6) is 0. The third kappa shape index (κ3) is 3.00. The van der Waals surface area contributed by atoms with E-state index in [4.69, 9.17) is 0 Å². The van der Waals surface area contributed by atoms with Gasteiger partial charge < -0.3 is 5.32 Å². The molecule has 0 bridgehead atoms. The topological polar surface area (TPSA) is 29.9 Å². The fraction of sp³-hybridized carbons (Fsp3) is 0.357. The van der Waals surface area contributed by atoms with Gasteiger partial charge in [-0.2, -0.15) is 5.10 Å². The van der Waals surface area contributed by atoms with E-state index in [1.165, 1.54) is 11.3 Å². The summed E-state index contributed by atoms with van der Waals surface area (Å²) in [5, 5.41) is 7.87. The van der Waals surface area contributed by atoms with Crippen molar-refractivity contribution in [2.45, 2.75) is 26.8 Å². The van der Waals surface area contributed by atoms with E-state index in [-0.39, 0.29) is 0 Å². The summed E-state index contributed by atoms with van der Waals surface area (Å²) in [6, 6.07) is 8.18. The van der Waals surface area contributed by atoms with Gasteiger partial charge in [0.1, 0.15) is 0 Å². The van der Waals surface area contributed by atoms with Crippen LogP contribution in [0.1, 0.15) is 24.6 Å². The molecule has 0 saturated heterocycles. The van der Waals surface area contributed by atoms with Crippen LogP contribution < -0.4 is 5.32 Å². The molecule has 4 heteroatoms. The summed E-state index contributed by atoms with van der Waals surface area (Å²) in [6.45, 7) is 6.21. The highest BCUT2D eigenvalue weighted by Crippen LogP contribution is 2.18. The Labute approximate surface area is 116 Å². The van der Waals surface area contributed by atoms with Crippen molar-refractivity contribution in [2.75, 3.05) is 6.54 Å². The van der Waals surface area contributed by atoms with Crippen LogP contribution in [0, 0.1) is 6.92 Å². The van der Waals surface area contributed by atoms with Crippen LogP contribution in [0.25, 0.3) is 5.69 Å². The Hall–Kier alpha value is -1.13. The zero-order chi connectivity index (χ0) is 13.0. The van der Waals surface area contributed by atoms with Crippen LogP contribution >= 0.6 is 15.9 Å². The van der Waals surface area contributed by atoms with E-state index in [1.807, 2.05) is 23.0 Å². The van der Waals surface area contributed by atoms with Crippen molar-refractivity contribution >= 4 is 15.9 Å². The van der Waals surface area contributed by atoms with Crippen LogP contribution in [0.4, 0.5) is 0 Å². The Morgan fingerprint density at radius 2 is 2.22 bits per heavy atom. The number of nitrogens with zero attached hydrogens (tertiary/aromatic N) is 2. The molecule has 1 N–H and O–H groups in total. The van der Waals surface area contributed by atoms with Gasteiger partial charge in [-0.05, 0) is 38.1 Å². The number of hydrogen-bond donors (Lipinski definition) is 1. The second kappa shape index (κ2) is 6.16. The van der Waals surface area contributed by atoms with Crippen molar-refractivity contribution in [3.05, 3.63) is 46.2 Å². The molecule has 2 aromatic rings. The first-order valence-corrected chi connectivity index (χ1v) is 7.02. The lowest BCUT2D eigenvalue weighted by Gasteiger charge is -2.06. The van der Waals surface area contributed by atoms with Gasteiger partial charge in [-0.25, -0.2) is 4.68 Å². The predicted octanol–water partition coefficient (Wildman–Crippen LogP) is 3.44. The van der Waals surface area contributed by atoms with Gasteiger partial charge in [0.25, 0.3) is 0 Å². The number of aromatic nitrogens is 2. The number of nitrogens with one attached hydrogen (secondary N) is 1. The molecule has 3 nitrogen and oxygen atoms in total. The van der Waals surface area contributed by atoms with Gasteiger partial charge in [0.15, 0.2) is 0 Å². The van der Waals surface area contributed by atoms with Gasteiger partial charge >= 0.3 is 0 Å². The first-order valence-electron chi connectivity index (χ1n) is 6.22. The summed E-state index contributed by atoms with van der Waals surface area (Å²) >= 11 is 3.49. The van der Waals surface area contributed by atoms with E-state index in [0.717, 1.165) is 29.7 Å². The first-order chi connectivity index (χ1) is 8.72.